The first kappa shape index (κ1) is 14.1. The standard InChI is InChI=1S/C13H18ClN3O2/c1-7(2)10(12(18)19-3)16-11-8-5-4-6-9(8)15-13(14)17-11/h7,10H,4-6H2,1-3H3,(H,15,16,17). The molecular weight excluding hydrogens is 266 g/mol. The largest absolute Gasteiger partial charge is 0.467 e. The summed E-state index contributed by atoms with van der Waals surface area (Å²) < 4.78 is 4.82. The number of esters is 1. The number of nitrogens with one attached hydrogen (secondary N) is 1. The van der Waals surface area contributed by atoms with Crippen LogP contribution in [0.3, 0.4) is 0 Å². The summed E-state index contributed by atoms with van der Waals surface area (Å²) in [6.45, 7) is 3.91. The molecule has 1 N–H and O–H groups in total. The van der Waals surface area contributed by atoms with Crippen molar-refractivity contribution in [2.75, 3.05) is 12.4 Å². The second-order valence-electron chi connectivity index (χ2n) is 5.01. The van der Waals surface area contributed by atoms with Crippen molar-refractivity contribution in [1.82, 2.24) is 9.97 Å². The first-order chi connectivity index (χ1) is 9.02. The van der Waals surface area contributed by atoms with Gasteiger partial charge < -0.3 is 10.1 Å². The fourth-order valence-electron chi connectivity index (χ4n) is 2.29. The number of aromatic nitrogens is 2. The maximum Gasteiger partial charge on any atom is 0.328 e. The summed E-state index contributed by atoms with van der Waals surface area (Å²) in [5, 5.41) is 3.38. The Labute approximate surface area is 117 Å². The molecule has 1 atom stereocenters. The van der Waals surface area contributed by atoms with E-state index in [4.69, 9.17) is 16.3 Å². The third-order valence-electron chi connectivity index (χ3n) is 3.32. The molecule has 2 rings (SSSR count). The quantitative estimate of drug-likeness (QED) is 0.678. The van der Waals surface area contributed by atoms with Crippen molar-refractivity contribution in [1.29, 1.82) is 0 Å². The lowest BCUT2D eigenvalue weighted by Gasteiger charge is -2.21. The molecule has 0 radical (unpaired) electrons. The highest BCUT2D eigenvalue weighted by atomic mass is 35.5. The number of fused-ring (bicyclic) bond motifs is 1. The van der Waals surface area contributed by atoms with Crippen LogP contribution in [-0.4, -0.2) is 29.1 Å². The third-order valence-corrected chi connectivity index (χ3v) is 3.49. The van der Waals surface area contributed by atoms with Crippen LogP contribution in [0, 0.1) is 5.92 Å². The van der Waals surface area contributed by atoms with E-state index in [1.165, 1.54) is 7.11 Å². The zero-order chi connectivity index (χ0) is 14.0. The summed E-state index contributed by atoms with van der Waals surface area (Å²) in [5.74, 6) is 0.464. The summed E-state index contributed by atoms with van der Waals surface area (Å²) >= 11 is 5.93. The highest BCUT2D eigenvalue weighted by molar-refractivity contribution is 6.28. The number of ether oxygens (including phenoxy) is 1. The topological polar surface area (TPSA) is 64.1 Å². The molecule has 104 valence electrons. The Kier molecular flexibility index (Phi) is 4.24. The SMILES string of the molecule is COC(=O)C(Nc1nc(Cl)nc2c1CCC2)C(C)C. The number of carbonyl (C=O) groups excluding carboxylic acids is 1. The average molecular weight is 284 g/mol. The average Bonchev–Trinajstić information content (AvgIpc) is 2.82. The Morgan fingerprint density at radius 2 is 2.11 bits per heavy atom. The number of aryl methyl sites for hydroxylation is 1. The van der Waals surface area contributed by atoms with E-state index in [0.29, 0.717) is 5.82 Å². The molecule has 0 bridgehead atoms. The van der Waals surface area contributed by atoms with Crippen LogP contribution in [0.2, 0.25) is 5.28 Å². The van der Waals surface area contributed by atoms with E-state index in [2.05, 4.69) is 15.3 Å². The monoisotopic (exact) mass is 283 g/mol. The Bertz CT molecular complexity index is 491. The highest BCUT2D eigenvalue weighted by Crippen LogP contribution is 2.28. The van der Waals surface area contributed by atoms with Gasteiger partial charge in [0, 0.05) is 5.56 Å². The van der Waals surface area contributed by atoms with Gasteiger partial charge in [-0.3, -0.25) is 0 Å². The van der Waals surface area contributed by atoms with E-state index in [-0.39, 0.29) is 17.2 Å². The minimum atomic E-state index is -0.430. The Morgan fingerprint density at radius 3 is 2.74 bits per heavy atom. The summed E-state index contributed by atoms with van der Waals surface area (Å²) in [6.07, 6.45) is 2.88. The van der Waals surface area contributed by atoms with Gasteiger partial charge in [-0.15, -0.1) is 0 Å². The second-order valence-corrected chi connectivity index (χ2v) is 5.35. The van der Waals surface area contributed by atoms with E-state index in [1.54, 1.807) is 0 Å². The van der Waals surface area contributed by atoms with Crippen molar-refractivity contribution in [3.05, 3.63) is 16.5 Å². The number of rotatable bonds is 4. The molecule has 1 aliphatic carbocycles. The molecule has 19 heavy (non-hydrogen) atoms. The smallest absolute Gasteiger partial charge is 0.328 e. The molecule has 0 saturated carbocycles. The molecule has 0 saturated heterocycles. The van der Waals surface area contributed by atoms with Crippen molar-refractivity contribution in [3.8, 4) is 0 Å². The number of anilines is 1. The van der Waals surface area contributed by atoms with Crippen molar-refractivity contribution in [2.45, 2.75) is 39.2 Å². The fourth-order valence-corrected chi connectivity index (χ4v) is 2.48. The van der Waals surface area contributed by atoms with Crippen molar-refractivity contribution < 1.29 is 9.53 Å². The number of hydrogen-bond acceptors (Lipinski definition) is 5. The lowest BCUT2D eigenvalue weighted by atomic mass is 10.0. The van der Waals surface area contributed by atoms with Gasteiger partial charge in [0.25, 0.3) is 0 Å². The van der Waals surface area contributed by atoms with Gasteiger partial charge >= 0.3 is 5.97 Å². The Morgan fingerprint density at radius 1 is 1.37 bits per heavy atom. The number of hydrogen-bond donors (Lipinski definition) is 1. The molecule has 1 aromatic heterocycles. The van der Waals surface area contributed by atoms with Crippen LogP contribution in [-0.2, 0) is 22.4 Å². The Balaban J connectivity index is 2.29. The van der Waals surface area contributed by atoms with Gasteiger partial charge in [-0.1, -0.05) is 13.8 Å². The molecule has 1 unspecified atom stereocenters. The van der Waals surface area contributed by atoms with E-state index in [0.717, 1.165) is 30.5 Å². The predicted octanol–water partition coefficient (Wildman–Crippen LogP) is 2.23. The summed E-state index contributed by atoms with van der Waals surface area (Å²) in [6, 6.07) is -0.430. The highest BCUT2D eigenvalue weighted by Gasteiger charge is 2.26. The molecular formula is C13H18ClN3O2. The summed E-state index contributed by atoms with van der Waals surface area (Å²) in [5.41, 5.74) is 2.05. The van der Waals surface area contributed by atoms with Gasteiger partial charge in [-0.05, 0) is 36.8 Å². The molecule has 5 nitrogen and oxygen atoms in total. The lowest BCUT2D eigenvalue weighted by Crippen LogP contribution is -2.36. The van der Waals surface area contributed by atoms with E-state index < -0.39 is 6.04 Å². The molecule has 0 aliphatic heterocycles. The zero-order valence-corrected chi connectivity index (χ0v) is 12.1. The Hall–Kier alpha value is -1.36. The summed E-state index contributed by atoms with van der Waals surface area (Å²) in [7, 11) is 1.39. The molecule has 1 aromatic rings. The lowest BCUT2D eigenvalue weighted by molar-refractivity contribution is -0.142. The molecule has 0 spiro atoms. The molecule has 0 amide bonds. The van der Waals surface area contributed by atoms with E-state index >= 15 is 0 Å². The van der Waals surface area contributed by atoms with E-state index in [1.807, 2.05) is 13.8 Å². The third kappa shape index (κ3) is 2.97. The number of nitrogens with zero attached hydrogens (tertiary/aromatic N) is 2. The van der Waals surface area contributed by atoms with Crippen molar-refractivity contribution in [3.63, 3.8) is 0 Å². The molecule has 0 fully saturated rings. The predicted molar refractivity (Wildman–Crippen MR) is 73.3 cm³/mol. The van der Waals surface area contributed by atoms with Crippen molar-refractivity contribution in [2.24, 2.45) is 5.92 Å². The van der Waals surface area contributed by atoms with Crippen LogP contribution in [0.1, 0.15) is 31.5 Å². The molecule has 1 heterocycles. The van der Waals surface area contributed by atoms with Crippen LogP contribution in [0.15, 0.2) is 0 Å². The van der Waals surface area contributed by atoms with Crippen LogP contribution < -0.4 is 5.32 Å². The minimum Gasteiger partial charge on any atom is -0.467 e. The van der Waals surface area contributed by atoms with Crippen LogP contribution >= 0.6 is 11.6 Å². The van der Waals surface area contributed by atoms with E-state index in [9.17, 15) is 4.79 Å². The number of carbonyl (C=O) groups is 1. The maximum atomic E-state index is 11.8. The first-order valence-electron chi connectivity index (χ1n) is 6.42. The van der Waals surface area contributed by atoms with Gasteiger partial charge in [0.1, 0.15) is 11.9 Å². The molecule has 0 aromatic carbocycles. The zero-order valence-electron chi connectivity index (χ0n) is 11.4. The van der Waals surface area contributed by atoms with Gasteiger partial charge in [0.15, 0.2) is 0 Å². The number of halogens is 1. The number of methoxy groups -OCH3 is 1. The van der Waals surface area contributed by atoms with Gasteiger partial charge in [0.2, 0.25) is 5.28 Å². The molecule has 1 aliphatic rings. The maximum absolute atomic E-state index is 11.8. The van der Waals surface area contributed by atoms with Crippen LogP contribution in [0.4, 0.5) is 5.82 Å². The molecule has 6 heteroatoms. The first-order valence-corrected chi connectivity index (χ1v) is 6.80. The van der Waals surface area contributed by atoms with Crippen LogP contribution in [0.5, 0.6) is 0 Å². The summed E-state index contributed by atoms with van der Waals surface area (Å²) in [4.78, 5) is 20.2. The van der Waals surface area contributed by atoms with Gasteiger partial charge in [-0.25, -0.2) is 14.8 Å². The minimum absolute atomic E-state index is 0.0956. The normalized spacial score (nSPS) is 15.2. The van der Waals surface area contributed by atoms with Crippen LogP contribution in [0.25, 0.3) is 0 Å². The van der Waals surface area contributed by atoms with Gasteiger partial charge in [0.05, 0.1) is 12.8 Å². The van der Waals surface area contributed by atoms with Gasteiger partial charge in [-0.2, -0.15) is 0 Å². The second kappa shape index (κ2) is 5.74. The van der Waals surface area contributed by atoms with Crippen molar-refractivity contribution >= 4 is 23.4 Å². The fraction of sp³-hybridized carbons (Fsp3) is 0.615.